The predicted molar refractivity (Wildman–Crippen MR) is 127 cm³/mol. The minimum atomic E-state index is -0.659. The van der Waals surface area contributed by atoms with E-state index in [-0.39, 0.29) is 17.2 Å². The molecule has 0 aromatic carbocycles. The highest BCUT2D eigenvalue weighted by Crippen LogP contribution is 2.29. The second kappa shape index (κ2) is 10.5. The predicted octanol–water partition coefficient (Wildman–Crippen LogP) is 3.94. The van der Waals surface area contributed by atoms with Gasteiger partial charge in [-0.25, -0.2) is 9.78 Å². The maximum atomic E-state index is 13.4. The Morgan fingerprint density at radius 1 is 1.19 bits per heavy atom. The molecule has 166 valence electrons. The van der Waals surface area contributed by atoms with Crippen molar-refractivity contribution in [1.82, 2.24) is 14.5 Å². The summed E-state index contributed by atoms with van der Waals surface area (Å²) in [7, 11) is 0. The van der Waals surface area contributed by atoms with Crippen molar-refractivity contribution >= 4 is 40.1 Å². The highest BCUT2D eigenvalue weighted by Gasteiger charge is 2.26. The molecule has 0 aliphatic heterocycles. The highest BCUT2D eigenvalue weighted by molar-refractivity contribution is 7.20. The number of hydrogen-bond donors (Lipinski definition) is 2. The summed E-state index contributed by atoms with van der Waals surface area (Å²) in [5.41, 5.74) is 5.32. The van der Waals surface area contributed by atoms with Gasteiger partial charge in [0, 0.05) is 18.5 Å². The molecule has 0 aliphatic rings. The van der Waals surface area contributed by atoms with E-state index in [1.54, 1.807) is 16.7 Å². The van der Waals surface area contributed by atoms with E-state index in [2.05, 4.69) is 16.9 Å². The fourth-order valence-corrected chi connectivity index (χ4v) is 4.84. The van der Waals surface area contributed by atoms with Crippen molar-refractivity contribution in [1.29, 1.82) is 0 Å². The van der Waals surface area contributed by atoms with Gasteiger partial charge >= 0.3 is 5.69 Å². The number of unbranched alkanes of at least 4 members (excludes halogenated alkanes) is 3. The largest absolute Gasteiger partial charge is 0.383 e. The fourth-order valence-electron chi connectivity index (χ4n) is 3.23. The first kappa shape index (κ1) is 23.0. The zero-order chi connectivity index (χ0) is 22.4. The molecule has 0 aliphatic carbocycles. The minimum Gasteiger partial charge on any atom is -0.383 e. The number of hydrogen-bond acceptors (Lipinski definition) is 7. The van der Waals surface area contributed by atoms with Crippen LogP contribution in [0.2, 0.25) is 0 Å². The van der Waals surface area contributed by atoms with Crippen molar-refractivity contribution < 1.29 is 4.79 Å². The molecule has 0 saturated heterocycles. The van der Waals surface area contributed by atoms with E-state index < -0.39 is 17.2 Å². The zero-order valence-electron chi connectivity index (χ0n) is 17.7. The normalized spacial score (nSPS) is 11.0. The van der Waals surface area contributed by atoms with E-state index >= 15 is 0 Å². The van der Waals surface area contributed by atoms with Gasteiger partial charge in [0.2, 0.25) is 0 Å². The molecule has 3 aromatic heterocycles. The Hall–Kier alpha value is -2.72. The Kier molecular flexibility index (Phi) is 7.80. The third-order valence-electron chi connectivity index (χ3n) is 4.90. The molecular weight excluding hydrogens is 434 g/mol. The van der Waals surface area contributed by atoms with Gasteiger partial charge in [0.15, 0.2) is 5.69 Å². The molecule has 0 atom stereocenters. The van der Waals surface area contributed by atoms with Crippen LogP contribution < -0.4 is 21.9 Å². The van der Waals surface area contributed by atoms with Crippen LogP contribution in [-0.4, -0.2) is 27.0 Å². The summed E-state index contributed by atoms with van der Waals surface area (Å²) >= 11 is 2.93. The molecule has 8 nitrogen and oxygen atoms in total. The number of carbonyl (C=O) groups excluding carboxylic acids is 1. The van der Waals surface area contributed by atoms with E-state index in [9.17, 15) is 14.4 Å². The van der Waals surface area contributed by atoms with Crippen LogP contribution in [0.15, 0.2) is 32.5 Å². The number of nitrogens with zero attached hydrogens (tertiary/aromatic N) is 3. The SMILES string of the molecule is CCCCCN(C(=O)c1csc(-c2cccs2)n1)c1c(N)n(CCCC)c(=O)[nH]c1=O. The van der Waals surface area contributed by atoms with Crippen molar-refractivity contribution in [2.45, 2.75) is 52.5 Å². The van der Waals surface area contributed by atoms with Crippen LogP contribution in [0.25, 0.3) is 9.88 Å². The summed E-state index contributed by atoms with van der Waals surface area (Å²) in [4.78, 5) is 47.6. The zero-order valence-corrected chi connectivity index (χ0v) is 19.4. The van der Waals surface area contributed by atoms with Gasteiger partial charge in [-0.3, -0.25) is 24.0 Å². The van der Waals surface area contributed by atoms with E-state index in [0.29, 0.717) is 19.5 Å². The summed E-state index contributed by atoms with van der Waals surface area (Å²) < 4.78 is 1.33. The second-order valence-corrected chi connectivity index (χ2v) is 8.98. The third kappa shape index (κ3) is 5.13. The van der Waals surface area contributed by atoms with Gasteiger partial charge in [-0.05, 0) is 24.3 Å². The number of H-pyrrole nitrogens is 1. The lowest BCUT2D eigenvalue weighted by molar-refractivity contribution is 0.0982. The number of thiazole rings is 1. The first-order chi connectivity index (χ1) is 15.0. The molecule has 10 heteroatoms. The smallest absolute Gasteiger partial charge is 0.330 e. The Labute approximate surface area is 188 Å². The van der Waals surface area contributed by atoms with Crippen LogP contribution in [0.4, 0.5) is 11.5 Å². The number of amides is 1. The van der Waals surface area contributed by atoms with Gasteiger partial charge in [0.1, 0.15) is 16.5 Å². The van der Waals surface area contributed by atoms with Gasteiger partial charge < -0.3 is 5.73 Å². The van der Waals surface area contributed by atoms with E-state index in [4.69, 9.17) is 5.73 Å². The molecule has 0 fully saturated rings. The number of carbonyl (C=O) groups is 1. The Morgan fingerprint density at radius 2 is 1.97 bits per heavy atom. The summed E-state index contributed by atoms with van der Waals surface area (Å²) in [6, 6.07) is 3.88. The summed E-state index contributed by atoms with van der Waals surface area (Å²) in [5.74, 6) is -0.381. The van der Waals surface area contributed by atoms with E-state index in [0.717, 1.165) is 35.6 Å². The van der Waals surface area contributed by atoms with Crippen molar-refractivity contribution in [2.24, 2.45) is 0 Å². The molecule has 0 saturated carbocycles. The maximum absolute atomic E-state index is 13.4. The lowest BCUT2D eigenvalue weighted by Gasteiger charge is -2.24. The molecule has 3 rings (SSSR count). The topological polar surface area (TPSA) is 114 Å². The number of rotatable bonds is 10. The quantitative estimate of drug-likeness (QED) is 0.444. The number of nitrogens with one attached hydrogen (secondary N) is 1. The van der Waals surface area contributed by atoms with Crippen LogP contribution in [0.3, 0.4) is 0 Å². The number of anilines is 2. The fraction of sp³-hybridized carbons (Fsp3) is 0.429. The monoisotopic (exact) mass is 461 g/mol. The van der Waals surface area contributed by atoms with Gasteiger partial charge in [-0.15, -0.1) is 22.7 Å². The lowest BCUT2D eigenvalue weighted by atomic mass is 10.2. The van der Waals surface area contributed by atoms with Crippen LogP contribution >= 0.6 is 22.7 Å². The lowest BCUT2D eigenvalue weighted by Crippen LogP contribution is -2.41. The molecule has 1 amide bonds. The van der Waals surface area contributed by atoms with Gasteiger partial charge in [-0.1, -0.05) is 39.2 Å². The molecular formula is C21H27N5O3S2. The van der Waals surface area contributed by atoms with Crippen LogP contribution in [0.5, 0.6) is 0 Å². The number of nitrogens with two attached hydrogens (primary N) is 1. The van der Waals surface area contributed by atoms with Gasteiger partial charge in [0.25, 0.3) is 11.5 Å². The summed E-state index contributed by atoms with van der Waals surface area (Å²) in [5, 5.41) is 4.40. The van der Waals surface area contributed by atoms with Crippen molar-refractivity contribution in [3.63, 3.8) is 0 Å². The van der Waals surface area contributed by atoms with E-state index in [1.165, 1.54) is 20.8 Å². The van der Waals surface area contributed by atoms with Crippen molar-refractivity contribution in [3.05, 3.63) is 49.4 Å². The Balaban J connectivity index is 2.02. The van der Waals surface area contributed by atoms with Crippen LogP contribution in [0, 0.1) is 0 Å². The molecule has 0 spiro atoms. The first-order valence-electron chi connectivity index (χ1n) is 10.4. The first-order valence-corrected chi connectivity index (χ1v) is 12.2. The third-order valence-corrected chi connectivity index (χ3v) is 6.79. The number of aromatic amines is 1. The number of thiophene rings is 1. The maximum Gasteiger partial charge on any atom is 0.330 e. The molecule has 3 N–H and O–H groups in total. The number of aromatic nitrogens is 3. The van der Waals surface area contributed by atoms with Crippen LogP contribution in [0.1, 0.15) is 56.4 Å². The molecule has 3 heterocycles. The Bertz CT molecular complexity index is 1130. The number of nitrogen functional groups attached to an aromatic ring is 1. The highest BCUT2D eigenvalue weighted by atomic mass is 32.1. The van der Waals surface area contributed by atoms with Gasteiger partial charge in [-0.2, -0.15) is 0 Å². The summed E-state index contributed by atoms with van der Waals surface area (Å²) in [6.45, 7) is 4.76. The summed E-state index contributed by atoms with van der Waals surface area (Å²) in [6.07, 6.45) is 4.16. The molecule has 3 aromatic rings. The van der Waals surface area contributed by atoms with Crippen molar-refractivity contribution in [3.8, 4) is 9.88 Å². The van der Waals surface area contributed by atoms with Crippen molar-refractivity contribution in [2.75, 3.05) is 17.2 Å². The molecule has 31 heavy (non-hydrogen) atoms. The van der Waals surface area contributed by atoms with E-state index in [1.807, 2.05) is 24.4 Å². The van der Waals surface area contributed by atoms with Gasteiger partial charge in [0.05, 0.1) is 4.88 Å². The Morgan fingerprint density at radius 3 is 2.65 bits per heavy atom. The standard InChI is InChI=1S/C21H27N5O3S2/c1-3-5-7-11-25(16-17(22)26(10-6-4-2)21(29)24-18(16)27)20(28)14-13-31-19(23-14)15-9-8-12-30-15/h8-9,12-13H,3-7,10-11,22H2,1-2H3,(H,24,27,29). The molecule has 0 unspecified atom stereocenters. The second-order valence-electron chi connectivity index (χ2n) is 7.18. The minimum absolute atomic E-state index is 0.0146. The average Bonchev–Trinajstić information content (AvgIpc) is 3.43. The molecule has 0 radical (unpaired) electrons. The molecule has 0 bridgehead atoms. The van der Waals surface area contributed by atoms with Crippen LogP contribution in [-0.2, 0) is 6.54 Å². The average molecular weight is 462 g/mol.